The Morgan fingerprint density at radius 1 is 1.25 bits per heavy atom. The van der Waals surface area contributed by atoms with Crippen LogP contribution in [0.4, 0.5) is 4.79 Å². The lowest BCUT2D eigenvalue weighted by molar-refractivity contribution is -0.117. The fourth-order valence-electron chi connectivity index (χ4n) is 3.13. The normalized spacial score (nSPS) is 12.0. The first-order valence-electron chi connectivity index (χ1n) is 8.79. The minimum Gasteiger partial charge on any atom is -0.464 e. The third-order valence-electron chi connectivity index (χ3n) is 4.36. The fraction of sp³-hybridized carbons (Fsp3) is 0.136. The molecule has 28 heavy (non-hydrogen) atoms. The number of nitriles is 1. The number of para-hydroxylation sites is 1. The summed E-state index contributed by atoms with van der Waals surface area (Å²) in [5.41, 5.74) is 2.79. The second-order valence-corrected chi connectivity index (χ2v) is 6.51. The van der Waals surface area contributed by atoms with E-state index < -0.39 is 6.09 Å². The van der Waals surface area contributed by atoms with Crippen molar-refractivity contribution in [3.63, 3.8) is 0 Å². The molecule has 0 bridgehead atoms. The fourth-order valence-corrected chi connectivity index (χ4v) is 3.13. The van der Waals surface area contributed by atoms with Crippen LogP contribution in [0.3, 0.4) is 0 Å². The number of amides is 1. The van der Waals surface area contributed by atoms with Gasteiger partial charge in [-0.15, -0.1) is 0 Å². The summed E-state index contributed by atoms with van der Waals surface area (Å²) in [7, 11) is 0. The highest BCUT2D eigenvalue weighted by atomic mass is 16.4. The van der Waals surface area contributed by atoms with Gasteiger partial charge in [-0.25, -0.2) is 4.79 Å². The van der Waals surface area contributed by atoms with Crippen molar-refractivity contribution in [1.82, 2.24) is 9.88 Å². The van der Waals surface area contributed by atoms with E-state index in [0.29, 0.717) is 17.5 Å². The Hall–Kier alpha value is -3.85. The van der Waals surface area contributed by atoms with Gasteiger partial charge in [-0.2, -0.15) is 5.26 Å². The molecule has 140 valence electrons. The number of carbonyl (C=O) groups excluding carboxylic acids is 1. The summed E-state index contributed by atoms with van der Waals surface area (Å²) in [6, 6.07) is 16.1. The van der Waals surface area contributed by atoms with E-state index in [4.69, 9.17) is 5.26 Å². The Kier molecular flexibility index (Phi) is 5.56. The molecule has 2 N–H and O–H groups in total. The predicted molar refractivity (Wildman–Crippen MR) is 107 cm³/mol. The first kappa shape index (κ1) is 18.9. The molecule has 3 rings (SSSR count). The number of aromatic nitrogens is 1. The Morgan fingerprint density at radius 3 is 2.79 bits per heavy atom. The van der Waals surface area contributed by atoms with E-state index in [2.05, 4.69) is 11.4 Å². The van der Waals surface area contributed by atoms with Crippen molar-refractivity contribution in [1.29, 1.82) is 5.26 Å². The lowest BCUT2D eigenvalue weighted by Gasteiger charge is -2.12. The van der Waals surface area contributed by atoms with Gasteiger partial charge >= 0.3 is 6.09 Å². The topological polar surface area (TPSA) is 95.1 Å². The number of rotatable bonds is 5. The van der Waals surface area contributed by atoms with Crippen LogP contribution in [0.5, 0.6) is 0 Å². The summed E-state index contributed by atoms with van der Waals surface area (Å²) in [4.78, 5) is 23.6. The summed E-state index contributed by atoms with van der Waals surface area (Å²) in [6.07, 6.45) is 4.14. The second-order valence-electron chi connectivity index (χ2n) is 6.51. The van der Waals surface area contributed by atoms with E-state index in [1.54, 1.807) is 42.6 Å². The quantitative estimate of drug-likeness (QED) is 0.665. The SMILES string of the molecule is C[C@H](Cc1cn(C(=O)O)c2ccccc12)NC(=O)C=Cc1cccc(C#N)c1. The first-order valence-corrected chi connectivity index (χ1v) is 8.79. The van der Waals surface area contributed by atoms with E-state index in [9.17, 15) is 14.7 Å². The number of carboxylic acid groups (broad SMARTS) is 1. The van der Waals surface area contributed by atoms with Crippen LogP contribution >= 0.6 is 0 Å². The smallest absolute Gasteiger partial charge is 0.416 e. The molecule has 1 heterocycles. The maximum atomic E-state index is 12.2. The first-order chi connectivity index (χ1) is 13.5. The average Bonchev–Trinajstić information content (AvgIpc) is 3.05. The molecule has 6 heteroatoms. The molecule has 3 aromatic rings. The molecule has 0 spiro atoms. The maximum absolute atomic E-state index is 12.2. The molecule has 0 unspecified atom stereocenters. The number of hydrogen-bond donors (Lipinski definition) is 2. The average molecular weight is 373 g/mol. The van der Waals surface area contributed by atoms with E-state index in [0.717, 1.165) is 16.5 Å². The molecular weight excluding hydrogens is 354 g/mol. The van der Waals surface area contributed by atoms with Crippen molar-refractivity contribution in [2.45, 2.75) is 19.4 Å². The molecule has 0 fully saturated rings. The van der Waals surface area contributed by atoms with Gasteiger partial charge in [-0.3, -0.25) is 9.36 Å². The van der Waals surface area contributed by atoms with Crippen LogP contribution in [-0.4, -0.2) is 27.7 Å². The Morgan fingerprint density at radius 2 is 2.04 bits per heavy atom. The van der Waals surface area contributed by atoms with Crippen molar-refractivity contribution >= 4 is 29.0 Å². The van der Waals surface area contributed by atoms with Gasteiger partial charge < -0.3 is 10.4 Å². The van der Waals surface area contributed by atoms with Gasteiger partial charge in [0.1, 0.15) is 0 Å². The van der Waals surface area contributed by atoms with Gasteiger partial charge in [-0.05, 0) is 48.7 Å². The number of fused-ring (bicyclic) bond motifs is 1. The van der Waals surface area contributed by atoms with Crippen LogP contribution in [0.15, 0.2) is 60.8 Å². The van der Waals surface area contributed by atoms with Crippen LogP contribution in [-0.2, 0) is 11.2 Å². The minimum absolute atomic E-state index is 0.185. The number of hydrogen-bond acceptors (Lipinski definition) is 3. The minimum atomic E-state index is -1.04. The molecule has 0 radical (unpaired) electrons. The monoisotopic (exact) mass is 373 g/mol. The zero-order valence-electron chi connectivity index (χ0n) is 15.3. The lowest BCUT2D eigenvalue weighted by atomic mass is 10.1. The highest BCUT2D eigenvalue weighted by Crippen LogP contribution is 2.22. The van der Waals surface area contributed by atoms with Crippen molar-refractivity contribution < 1.29 is 14.7 Å². The van der Waals surface area contributed by atoms with Crippen molar-refractivity contribution in [3.8, 4) is 6.07 Å². The van der Waals surface area contributed by atoms with E-state index >= 15 is 0 Å². The molecule has 2 aromatic carbocycles. The van der Waals surface area contributed by atoms with Crippen LogP contribution in [0, 0.1) is 11.3 Å². The van der Waals surface area contributed by atoms with E-state index in [1.165, 1.54) is 10.6 Å². The highest BCUT2D eigenvalue weighted by molar-refractivity contribution is 5.93. The van der Waals surface area contributed by atoms with Gasteiger partial charge in [0.05, 0.1) is 17.1 Å². The Balaban J connectivity index is 1.69. The number of nitrogens with zero attached hydrogens (tertiary/aromatic N) is 2. The molecule has 0 aliphatic rings. The third kappa shape index (κ3) is 4.27. The molecule has 1 amide bonds. The second kappa shape index (κ2) is 8.23. The van der Waals surface area contributed by atoms with Crippen LogP contribution < -0.4 is 5.32 Å². The summed E-state index contributed by atoms with van der Waals surface area (Å²) in [5.74, 6) is -0.253. The van der Waals surface area contributed by atoms with Crippen LogP contribution in [0.25, 0.3) is 17.0 Å². The summed E-state index contributed by atoms with van der Waals surface area (Å²) >= 11 is 0. The molecule has 0 aliphatic heterocycles. The third-order valence-corrected chi connectivity index (χ3v) is 4.36. The molecular formula is C22H19N3O3. The summed E-state index contributed by atoms with van der Waals surface area (Å²) in [5, 5.41) is 22.0. The standard InChI is InChI=1S/C22H19N3O3/c1-15(24-21(26)10-9-16-5-4-6-17(12-16)13-23)11-18-14-25(22(27)28)20-8-3-2-7-19(18)20/h2-10,12,14-15H,11H2,1H3,(H,24,26)(H,27,28)/t15-/m1/s1. The molecule has 0 saturated heterocycles. The highest BCUT2D eigenvalue weighted by Gasteiger charge is 2.15. The van der Waals surface area contributed by atoms with Gasteiger partial charge in [0.2, 0.25) is 5.91 Å². The predicted octanol–water partition coefficient (Wildman–Crippen LogP) is 3.80. The Labute approximate surface area is 162 Å². The zero-order valence-corrected chi connectivity index (χ0v) is 15.3. The van der Waals surface area contributed by atoms with E-state index in [-0.39, 0.29) is 11.9 Å². The van der Waals surface area contributed by atoms with Crippen molar-refractivity contribution in [2.75, 3.05) is 0 Å². The maximum Gasteiger partial charge on any atom is 0.416 e. The number of nitrogens with one attached hydrogen (secondary N) is 1. The van der Waals surface area contributed by atoms with Crippen molar-refractivity contribution in [3.05, 3.63) is 77.5 Å². The lowest BCUT2D eigenvalue weighted by Crippen LogP contribution is -2.32. The van der Waals surface area contributed by atoms with Crippen molar-refractivity contribution in [2.24, 2.45) is 0 Å². The summed E-state index contributed by atoms with van der Waals surface area (Å²) < 4.78 is 1.20. The summed E-state index contributed by atoms with van der Waals surface area (Å²) in [6.45, 7) is 1.87. The Bertz CT molecular complexity index is 1110. The molecule has 0 saturated carbocycles. The zero-order chi connectivity index (χ0) is 20.1. The van der Waals surface area contributed by atoms with E-state index in [1.807, 2.05) is 25.1 Å². The van der Waals surface area contributed by atoms with Gasteiger partial charge in [0.15, 0.2) is 0 Å². The van der Waals surface area contributed by atoms with Gasteiger partial charge in [0.25, 0.3) is 0 Å². The van der Waals surface area contributed by atoms with Gasteiger partial charge in [-0.1, -0.05) is 30.3 Å². The van der Waals surface area contributed by atoms with Gasteiger partial charge in [0, 0.05) is 23.7 Å². The molecule has 1 aromatic heterocycles. The largest absolute Gasteiger partial charge is 0.464 e. The molecule has 6 nitrogen and oxygen atoms in total. The molecule has 0 aliphatic carbocycles. The molecule has 1 atom stereocenters. The number of carbonyl (C=O) groups is 2. The van der Waals surface area contributed by atoms with Crippen LogP contribution in [0.1, 0.15) is 23.6 Å². The van der Waals surface area contributed by atoms with Crippen LogP contribution in [0.2, 0.25) is 0 Å². The number of benzene rings is 2.